The minimum Gasteiger partial charge on any atom is -0.393 e. The number of rotatable bonds is 6. The Morgan fingerprint density at radius 1 is 0.946 bits per heavy atom. The molecule has 4 heterocycles. The van der Waals surface area contributed by atoms with Gasteiger partial charge >= 0.3 is 0 Å². The molecule has 2 aliphatic heterocycles. The number of piperazine rings is 1. The third-order valence-electron chi connectivity index (χ3n) is 8.83. The third-order valence-corrected chi connectivity index (χ3v) is 8.83. The zero-order valence-electron chi connectivity index (χ0n) is 21.3. The van der Waals surface area contributed by atoms with Crippen LogP contribution in [0.15, 0.2) is 29.2 Å². The van der Waals surface area contributed by atoms with Gasteiger partial charge in [-0.2, -0.15) is 4.98 Å². The van der Waals surface area contributed by atoms with Crippen LogP contribution >= 0.6 is 0 Å². The van der Waals surface area contributed by atoms with Gasteiger partial charge in [0.15, 0.2) is 0 Å². The molecule has 2 aromatic heterocycles. The Balaban J connectivity index is 1.27. The predicted molar refractivity (Wildman–Crippen MR) is 144 cm³/mol. The highest BCUT2D eigenvalue weighted by molar-refractivity contribution is 6.05. The molecule has 2 N–H and O–H groups in total. The molecule has 4 fully saturated rings. The Hall–Kier alpha value is -2.75. The first-order valence-corrected chi connectivity index (χ1v) is 14.0. The lowest BCUT2D eigenvalue weighted by molar-refractivity contribution is -0.0660. The van der Waals surface area contributed by atoms with Crippen molar-refractivity contribution in [2.24, 2.45) is 5.92 Å². The molecule has 196 valence electrons. The van der Waals surface area contributed by atoms with Crippen molar-refractivity contribution in [3.63, 3.8) is 0 Å². The molecule has 2 saturated heterocycles. The van der Waals surface area contributed by atoms with Crippen molar-refractivity contribution in [3.8, 4) is 0 Å². The van der Waals surface area contributed by atoms with E-state index in [2.05, 4.69) is 38.3 Å². The molecular weight excluding hydrogens is 468 g/mol. The lowest BCUT2D eigenvalue weighted by atomic mass is 9.92. The number of anilines is 2. The molecule has 0 atom stereocenters. The Bertz CT molecular complexity index is 1350. The Morgan fingerprint density at radius 2 is 1.73 bits per heavy atom. The van der Waals surface area contributed by atoms with E-state index in [-0.39, 0.29) is 17.7 Å². The van der Waals surface area contributed by atoms with Crippen molar-refractivity contribution in [3.05, 3.63) is 34.7 Å². The molecular formula is C28H36N6O3. The van der Waals surface area contributed by atoms with E-state index in [0.717, 1.165) is 80.6 Å². The van der Waals surface area contributed by atoms with Crippen molar-refractivity contribution < 1.29 is 9.84 Å². The number of nitrogens with one attached hydrogen (secondary N) is 1. The summed E-state index contributed by atoms with van der Waals surface area (Å²) in [6, 6.07) is 6.90. The van der Waals surface area contributed by atoms with E-state index in [1.807, 2.05) is 10.8 Å². The Labute approximate surface area is 216 Å². The molecule has 4 aliphatic rings. The zero-order valence-corrected chi connectivity index (χ0v) is 21.3. The molecule has 3 aromatic rings. The van der Waals surface area contributed by atoms with E-state index >= 15 is 0 Å². The largest absolute Gasteiger partial charge is 0.393 e. The fourth-order valence-electron chi connectivity index (χ4n) is 6.19. The Morgan fingerprint density at radius 3 is 2.43 bits per heavy atom. The molecule has 2 saturated carbocycles. The quantitative estimate of drug-likeness (QED) is 0.495. The van der Waals surface area contributed by atoms with Crippen molar-refractivity contribution in [1.82, 2.24) is 19.4 Å². The van der Waals surface area contributed by atoms with Crippen LogP contribution in [-0.4, -0.2) is 82.6 Å². The highest BCUT2D eigenvalue weighted by Crippen LogP contribution is 2.34. The van der Waals surface area contributed by atoms with Gasteiger partial charge in [-0.05, 0) is 62.0 Å². The molecule has 0 bridgehead atoms. The monoisotopic (exact) mass is 504 g/mol. The summed E-state index contributed by atoms with van der Waals surface area (Å²) in [5.74, 6) is 1.30. The predicted octanol–water partition coefficient (Wildman–Crippen LogP) is 2.76. The lowest BCUT2D eigenvalue weighted by Crippen LogP contribution is -2.56. The van der Waals surface area contributed by atoms with Crippen molar-refractivity contribution >= 4 is 33.4 Å². The van der Waals surface area contributed by atoms with Crippen LogP contribution in [0.4, 0.5) is 11.6 Å². The van der Waals surface area contributed by atoms with Crippen LogP contribution in [0.2, 0.25) is 0 Å². The summed E-state index contributed by atoms with van der Waals surface area (Å²) in [7, 11) is 0. The second-order valence-electron chi connectivity index (χ2n) is 11.3. The van der Waals surface area contributed by atoms with E-state index in [9.17, 15) is 9.90 Å². The maximum Gasteiger partial charge on any atom is 0.260 e. The maximum absolute atomic E-state index is 14.1. The van der Waals surface area contributed by atoms with Crippen molar-refractivity contribution in [2.45, 2.75) is 56.7 Å². The van der Waals surface area contributed by atoms with Gasteiger partial charge in [0.1, 0.15) is 5.65 Å². The fourth-order valence-corrected chi connectivity index (χ4v) is 6.19. The third kappa shape index (κ3) is 4.47. The van der Waals surface area contributed by atoms with Crippen LogP contribution in [0.25, 0.3) is 21.8 Å². The van der Waals surface area contributed by atoms with E-state index in [1.165, 1.54) is 12.8 Å². The van der Waals surface area contributed by atoms with Crippen LogP contribution in [-0.2, 0) is 4.74 Å². The van der Waals surface area contributed by atoms with Gasteiger partial charge in [0.2, 0.25) is 5.95 Å². The fraction of sp³-hybridized carbons (Fsp3) is 0.607. The van der Waals surface area contributed by atoms with E-state index in [4.69, 9.17) is 9.72 Å². The second kappa shape index (κ2) is 9.53. The number of pyridine rings is 1. The lowest BCUT2D eigenvalue weighted by Gasteiger charge is -2.43. The summed E-state index contributed by atoms with van der Waals surface area (Å²) in [4.78, 5) is 28.5. The summed E-state index contributed by atoms with van der Waals surface area (Å²) in [5.41, 5.74) is 1.82. The highest BCUT2D eigenvalue weighted by atomic mass is 16.5. The maximum atomic E-state index is 14.1. The number of benzene rings is 1. The zero-order chi connectivity index (χ0) is 24.9. The summed E-state index contributed by atoms with van der Waals surface area (Å²) in [6.07, 6.45) is 7.11. The van der Waals surface area contributed by atoms with Crippen molar-refractivity contribution in [1.29, 1.82) is 0 Å². The topological polar surface area (TPSA) is 95.8 Å². The number of fused-ring (bicyclic) bond motifs is 3. The van der Waals surface area contributed by atoms with E-state index in [1.54, 1.807) is 0 Å². The van der Waals surface area contributed by atoms with Crippen LogP contribution in [0.1, 0.15) is 44.6 Å². The average molecular weight is 505 g/mol. The van der Waals surface area contributed by atoms with Gasteiger partial charge in [0.05, 0.1) is 30.7 Å². The summed E-state index contributed by atoms with van der Waals surface area (Å²) >= 11 is 0. The summed E-state index contributed by atoms with van der Waals surface area (Å²) < 4.78 is 7.29. The highest BCUT2D eigenvalue weighted by Gasteiger charge is 2.30. The van der Waals surface area contributed by atoms with Gasteiger partial charge in [-0.3, -0.25) is 14.3 Å². The summed E-state index contributed by atoms with van der Waals surface area (Å²) in [6.45, 7) is 6.50. The van der Waals surface area contributed by atoms with Crippen molar-refractivity contribution in [2.75, 3.05) is 56.2 Å². The number of hydrogen-bond acceptors (Lipinski definition) is 8. The Kier molecular flexibility index (Phi) is 6.02. The van der Waals surface area contributed by atoms with Crippen LogP contribution in [0, 0.1) is 5.92 Å². The van der Waals surface area contributed by atoms with Crippen LogP contribution < -0.4 is 15.8 Å². The normalized spacial score (nSPS) is 25.5. The number of aromatic nitrogens is 3. The van der Waals surface area contributed by atoms with Crippen LogP contribution in [0.5, 0.6) is 0 Å². The smallest absolute Gasteiger partial charge is 0.260 e. The van der Waals surface area contributed by atoms with Crippen LogP contribution in [0.3, 0.4) is 0 Å². The number of aliphatic hydroxyl groups excluding tert-OH is 1. The standard InChI is InChI=1S/C28H36N6O3/c35-22-6-3-19(4-7-22)34-26-25(15-30-28(31-26)29-14-18-1-2-18)23-8-5-20(13-24(23)27(34)36)32-9-11-33(12-10-32)21-16-37-17-21/h5,8,13,15,18-19,21-22,35H,1-4,6-7,9-12,14,16-17H2,(H,29,30,31). The van der Waals surface area contributed by atoms with E-state index in [0.29, 0.717) is 36.4 Å². The first-order valence-electron chi connectivity index (χ1n) is 14.0. The molecule has 9 heteroatoms. The number of hydrogen-bond donors (Lipinski definition) is 2. The summed E-state index contributed by atoms with van der Waals surface area (Å²) in [5, 5.41) is 16.1. The first-order chi connectivity index (χ1) is 18.1. The molecule has 0 spiro atoms. The van der Waals surface area contributed by atoms with Gasteiger partial charge < -0.3 is 20.1 Å². The first kappa shape index (κ1) is 23.4. The molecule has 37 heavy (non-hydrogen) atoms. The molecule has 0 amide bonds. The number of nitrogens with zero attached hydrogens (tertiary/aromatic N) is 5. The van der Waals surface area contributed by atoms with Gasteiger partial charge in [-0.25, -0.2) is 4.98 Å². The van der Waals surface area contributed by atoms with Gasteiger partial charge in [0.25, 0.3) is 5.56 Å². The molecule has 1 aromatic carbocycles. The van der Waals surface area contributed by atoms with E-state index < -0.39 is 0 Å². The molecule has 2 aliphatic carbocycles. The minimum atomic E-state index is -0.277. The molecule has 9 nitrogen and oxygen atoms in total. The average Bonchev–Trinajstić information content (AvgIpc) is 3.72. The molecule has 0 radical (unpaired) electrons. The number of aliphatic hydroxyl groups is 1. The van der Waals surface area contributed by atoms with Gasteiger partial charge in [0, 0.05) is 56.0 Å². The van der Waals surface area contributed by atoms with Gasteiger partial charge in [-0.1, -0.05) is 6.07 Å². The molecule has 7 rings (SSSR count). The van der Waals surface area contributed by atoms with Gasteiger partial charge in [-0.15, -0.1) is 0 Å². The number of ether oxygens (including phenoxy) is 1. The molecule has 0 unspecified atom stereocenters. The second-order valence-corrected chi connectivity index (χ2v) is 11.3. The SMILES string of the molecule is O=c1c2cc(N3CCN(C4COC4)CC3)ccc2c2cnc(NCC3CC3)nc2n1C1CCC(O)CC1. The minimum absolute atomic E-state index is 0.0165.